The number of benzene rings is 1. The number of phenolic OH excluding ortho intramolecular Hbond substituents is 1. The SMILES string of the molecule is Cl.NCCC(=O)N(Cc1cccc(O)c1)CC1CC1. The van der Waals surface area contributed by atoms with Crippen LogP contribution in [0.4, 0.5) is 0 Å². The lowest BCUT2D eigenvalue weighted by Crippen LogP contribution is -2.33. The number of phenols is 1. The minimum absolute atomic E-state index is 0. The van der Waals surface area contributed by atoms with Crippen LogP contribution in [0.1, 0.15) is 24.8 Å². The van der Waals surface area contributed by atoms with Crippen LogP contribution < -0.4 is 5.73 Å². The summed E-state index contributed by atoms with van der Waals surface area (Å²) in [6, 6.07) is 7.06. The second-order valence-corrected chi connectivity index (χ2v) is 4.93. The van der Waals surface area contributed by atoms with Crippen molar-refractivity contribution >= 4 is 18.3 Å². The van der Waals surface area contributed by atoms with Crippen molar-refractivity contribution in [3.8, 4) is 5.75 Å². The number of hydrogen-bond donors (Lipinski definition) is 2. The van der Waals surface area contributed by atoms with Crippen LogP contribution in [-0.4, -0.2) is 29.0 Å². The van der Waals surface area contributed by atoms with E-state index in [1.807, 2.05) is 11.0 Å². The molecule has 3 N–H and O–H groups in total. The third-order valence-electron chi connectivity index (χ3n) is 3.17. The molecule has 5 heteroatoms. The average Bonchev–Trinajstić information content (AvgIpc) is 3.12. The molecular weight excluding hydrogens is 264 g/mol. The van der Waals surface area contributed by atoms with Gasteiger partial charge in [0.05, 0.1) is 0 Å². The van der Waals surface area contributed by atoms with Crippen LogP contribution in [0.5, 0.6) is 5.75 Å². The van der Waals surface area contributed by atoms with Gasteiger partial charge in [-0.15, -0.1) is 12.4 Å². The Bertz CT molecular complexity index is 422. The molecule has 0 radical (unpaired) electrons. The first-order chi connectivity index (χ1) is 8.69. The topological polar surface area (TPSA) is 66.6 Å². The molecule has 0 spiro atoms. The summed E-state index contributed by atoms with van der Waals surface area (Å²) >= 11 is 0. The molecule has 1 aliphatic carbocycles. The quantitative estimate of drug-likeness (QED) is 0.838. The molecule has 1 fully saturated rings. The Morgan fingerprint density at radius 3 is 2.74 bits per heavy atom. The lowest BCUT2D eigenvalue weighted by atomic mass is 10.2. The zero-order valence-corrected chi connectivity index (χ0v) is 11.7. The Hall–Kier alpha value is -1.26. The fraction of sp³-hybridized carbons (Fsp3) is 0.500. The molecule has 2 rings (SSSR count). The fourth-order valence-corrected chi connectivity index (χ4v) is 2.02. The van der Waals surface area contributed by atoms with E-state index in [1.54, 1.807) is 18.2 Å². The van der Waals surface area contributed by atoms with Crippen LogP contribution in [0.3, 0.4) is 0 Å². The number of carbonyl (C=O) groups excluding carboxylic acids is 1. The zero-order chi connectivity index (χ0) is 13.0. The van der Waals surface area contributed by atoms with Gasteiger partial charge in [0.2, 0.25) is 5.91 Å². The number of amides is 1. The first-order valence-electron chi connectivity index (χ1n) is 6.45. The van der Waals surface area contributed by atoms with Gasteiger partial charge in [-0.1, -0.05) is 12.1 Å². The minimum Gasteiger partial charge on any atom is -0.508 e. The Labute approximate surface area is 120 Å². The standard InChI is InChI=1S/C14H20N2O2.ClH/c15-7-6-14(18)16(9-11-4-5-11)10-12-2-1-3-13(17)8-12;/h1-3,8,11,17H,4-7,9-10,15H2;1H. The summed E-state index contributed by atoms with van der Waals surface area (Å²) in [5.74, 6) is 1.00. The maximum absolute atomic E-state index is 12.0. The van der Waals surface area contributed by atoms with E-state index in [-0.39, 0.29) is 24.1 Å². The number of nitrogens with two attached hydrogens (primary N) is 1. The van der Waals surface area contributed by atoms with Crippen molar-refractivity contribution in [1.82, 2.24) is 4.90 Å². The first-order valence-corrected chi connectivity index (χ1v) is 6.45. The maximum Gasteiger partial charge on any atom is 0.224 e. The van der Waals surface area contributed by atoms with Crippen molar-refractivity contribution in [3.63, 3.8) is 0 Å². The Kier molecular flexibility index (Phi) is 6.12. The van der Waals surface area contributed by atoms with Gasteiger partial charge in [-0.3, -0.25) is 4.79 Å². The molecule has 4 nitrogen and oxygen atoms in total. The third-order valence-corrected chi connectivity index (χ3v) is 3.17. The predicted molar refractivity (Wildman–Crippen MR) is 77.2 cm³/mol. The summed E-state index contributed by atoms with van der Waals surface area (Å²) in [7, 11) is 0. The molecule has 106 valence electrons. The van der Waals surface area contributed by atoms with Gasteiger partial charge in [0.1, 0.15) is 5.75 Å². The average molecular weight is 285 g/mol. The zero-order valence-electron chi connectivity index (χ0n) is 10.9. The van der Waals surface area contributed by atoms with Gasteiger partial charge in [-0.25, -0.2) is 0 Å². The highest BCUT2D eigenvalue weighted by Crippen LogP contribution is 2.30. The number of aromatic hydroxyl groups is 1. The van der Waals surface area contributed by atoms with Crippen molar-refractivity contribution in [1.29, 1.82) is 0 Å². The van der Waals surface area contributed by atoms with Gasteiger partial charge < -0.3 is 15.7 Å². The first kappa shape index (κ1) is 15.8. The Morgan fingerprint density at radius 2 is 2.16 bits per heavy atom. The maximum atomic E-state index is 12.0. The summed E-state index contributed by atoms with van der Waals surface area (Å²) < 4.78 is 0. The van der Waals surface area contributed by atoms with E-state index in [1.165, 1.54) is 12.8 Å². The van der Waals surface area contributed by atoms with Crippen molar-refractivity contribution < 1.29 is 9.90 Å². The monoisotopic (exact) mass is 284 g/mol. The van der Waals surface area contributed by atoms with Gasteiger partial charge in [0, 0.05) is 26.1 Å². The molecule has 0 heterocycles. The van der Waals surface area contributed by atoms with Crippen molar-refractivity contribution in [3.05, 3.63) is 29.8 Å². The Morgan fingerprint density at radius 1 is 1.42 bits per heavy atom. The lowest BCUT2D eigenvalue weighted by molar-refractivity contribution is -0.131. The molecule has 19 heavy (non-hydrogen) atoms. The van der Waals surface area contributed by atoms with Crippen LogP contribution >= 0.6 is 12.4 Å². The van der Waals surface area contributed by atoms with Gasteiger partial charge in [-0.2, -0.15) is 0 Å². The van der Waals surface area contributed by atoms with Gasteiger partial charge in [0.25, 0.3) is 0 Å². The molecule has 1 amide bonds. The molecular formula is C14H21ClN2O2. The van der Waals surface area contributed by atoms with E-state index in [0.717, 1.165) is 12.1 Å². The smallest absolute Gasteiger partial charge is 0.224 e. The summed E-state index contributed by atoms with van der Waals surface area (Å²) in [6.45, 7) is 1.76. The molecule has 1 saturated carbocycles. The number of carbonyl (C=O) groups is 1. The van der Waals surface area contributed by atoms with Gasteiger partial charge >= 0.3 is 0 Å². The number of rotatable bonds is 6. The van der Waals surface area contributed by atoms with Crippen molar-refractivity contribution in [2.24, 2.45) is 11.7 Å². The van der Waals surface area contributed by atoms with Crippen LogP contribution in [0.15, 0.2) is 24.3 Å². The second kappa shape index (κ2) is 7.36. The predicted octanol–water partition coefficient (Wildman–Crippen LogP) is 1.90. The number of nitrogens with zero attached hydrogens (tertiary/aromatic N) is 1. The largest absolute Gasteiger partial charge is 0.508 e. The fourth-order valence-electron chi connectivity index (χ4n) is 2.02. The normalized spacial score (nSPS) is 13.7. The summed E-state index contributed by atoms with van der Waals surface area (Å²) in [5.41, 5.74) is 6.40. The van der Waals surface area contributed by atoms with Crippen LogP contribution in [0.2, 0.25) is 0 Å². The molecule has 0 unspecified atom stereocenters. The van der Waals surface area contributed by atoms with E-state index < -0.39 is 0 Å². The highest BCUT2D eigenvalue weighted by molar-refractivity contribution is 5.85. The number of hydrogen-bond acceptors (Lipinski definition) is 3. The molecule has 0 bridgehead atoms. The molecule has 0 aromatic heterocycles. The molecule has 0 atom stereocenters. The second-order valence-electron chi connectivity index (χ2n) is 4.93. The van der Waals surface area contributed by atoms with E-state index in [2.05, 4.69) is 0 Å². The minimum atomic E-state index is 0. The lowest BCUT2D eigenvalue weighted by Gasteiger charge is -2.22. The van der Waals surface area contributed by atoms with Gasteiger partial charge in [-0.05, 0) is 36.5 Å². The molecule has 1 aromatic rings. The molecule has 0 saturated heterocycles. The molecule has 1 aromatic carbocycles. The highest BCUT2D eigenvalue weighted by Gasteiger charge is 2.26. The summed E-state index contributed by atoms with van der Waals surface area (Å²) in [6.07, 6.45) is 2.82. The van der Waals surface area contributed by atoms with Crippen LogP contribution in [0.25, 0.3) is 0 Å². The number of halogens is 1. The summed E-state index contributed by atoms with van der Waals surface area (Å²) in [5, 5.41) is 9.44. The van der Waals surface area contributed by atoms with Crippen molar-refractivity contribution in [2.45, 2.75) is 25.8 Å². The summed E-state index contributed by atoms with van der Waals surface area (Å²) in [4.78, 5) is 13.8. The van der Waals surface area contributed by atoms with E-state index in [0.29, 0.717) is 25.4 Å². The van der Waals surface area contributed by atoms with E-state index in [4.69, 9.17) is 5.73 Å². The highest BCUT2D eigenvalue weighted by atomic mass is 35.5. The van der Waals surface area contributed by atoms with E-state index in [9.17, 15) is 9.90 Å². The third kappa shape index (κ3) is 5.09. The van der Waals surface area contributed by atoms with Gasteiger partial charge in [0.15, 0.2) is 0 Å². The molecule has 0 aliphatic heterocycles. The van der Waals surface area contributed by atoms with Crippen LogP contribution in [-0.2, 0) is 11.3 Å². The Balaban J connectivity index is 0.00000180. The molecule has 1 aliphatic rings. The van der Waals surface area contributed by atoms with Crippen LogP contribution in [0, 0.1) is 5.92 Å². The van der Waals surface area contributed by atoms with Crippen molar-refractivity contribution in [2.75, 3.05) is 13.1 Å². The van der Waals surface area contributed by atoms with E-state index >= 15 is 0 Å².